The summed E-state index contributed by atoms with van der Waals surface area (Å²) < 4.78 is 7.64. The van der Waals surface area contributed by atoms with Gasteiger partial charge in [-0.2, -0.15) is 5.26 Å². The standard InChI is InChI=1S/C26H31N5O2S2/c1-17(2)15-33-19-12-10-18(11-13-19)24-29-30-26(31(24)3)34-16-23(32)28-25-21(14-27)20-8-6-4-5-7-9-22(20)35-25/h10-13,17H,4-9,15-16H2,1-3H3,(H,28,32). The van der Waals surface area contributed by atoms with E-state index in [4.69, 9.17) is 4.74 Å². The normalized spacial score (nSPS) is 13.6. The molecule has 184 valence electrons. The number of hydrogen-bond donors (Lipinski definition) is 1. The number of nitrogens with zero attached hydrogens (tertiary/aromatic N) is 4. The molecule has 0 fully saturated rings. The van der Waals surface area contributed by atoms with Gasteiger partial charge in [0.05, 0.1) is 17.9 Å². The summed E-state index contributed by atoms with van der Waals surface area (Å²) in [5.41, 5.74) is 2.72. The van der Waals surface area contributed by atoms with Crippen molar-refractivity contribution in [3.05, 3.63) is 40.3 Å². The molecular formula is C26H31N5O2S2. The van der Waals surface area contributed by atoms with E-state index in [0.717, 1.165) is 48.4 Å². The number of hydrogen-bond acceptors (Lipinski definition) is 7. The minimum atomic E-state index is -0.142. The van der Waals surface area contributed by atoms with Crippen LogP contribution in [0, 0.1) is 17.2 Å². The number of fused-ring (bicyclic) bond motifs is 1. The van der Waals surface area contributed by atoms with Gasteiger partial charge in [-0.15, -0.1) is 21.5 Å². The van der Waals surface area contributed by atoms with Crippen LogP contribution in [0.4, 0.5) is 5.00 Å². The zero-order chi connectivity index (χ0) is 24.8. The number of anilines is 1. The molecule has 0 saturated carbocycles. The van der Waals surface area contributed by atoms with Crippen molar-refractivity contribution in [2.75, 3.05) is 17.7 Å². The van der Waals surface area contributed by atoms with E-state index in [-0.39, 0.29) is 11.7 Å². The van der Waals surface area contributed by atoms with Crippen LogP contribution in [0.5, 0.6) is 5.75 Å². The number of benzene rings is 1. The van der Waals surface area contributed by atoms with Crippen LogP contribution in [-0.2, 0) is 24.7 Å². The van der Waals surface area contributed by atoms with Gasteiger partial charge in [0.2, 0.25) is 5.91 Å². The Balaban J connectivity index is 1.38. The molecule has 2 aromatic heterocycles. The molecule has 0 saturated heterocycles. The van der Waals surface area contributed by atoms with Crippen LogP contribution in [0.15, 0.2) is 29.4 Å². The number of thioether (sulfide) groups is 1. The molecule has 4 rings (SSSR count). The van der Waals surface area contributed by atoms with E-state index in [9.17, 15) is 10.1 Å². The van der Waals surface area contributed by atoms with Gasteiger partial charge in [-0.05, 0) is 61.4 Å². The molecule has 0 atom stereocenters. The predicted octanol–water partition coefficient (Wildman–Crippen LogP) is 5.84. The van der Waals surface area contributed by atoms with Crippen molar-refractivity contribution in [1.29, 1.82) is 5.26 Å². The van der Waals surface area contributed by atoms with Crippen LogP contribution in [0.2, 0.25) is 0 Å². The monoisotopic (exact) mass is 509 g/mol. The molecule has 2 heterocycles. The molecule has 1 aliphatic rings. The molecule has 1 aromatic carbocycles. The van der Waals surface area contributed by atoms with Gasteiger partial charge in [-0.1, -0.05) is 38.5 Å². The van der Waals surface area contributed by atoms with Crippen molar-refractivity contribution in [2.24, 2.45) is 13.0 Å². The Kier molecular flexibility index (Phi) is 8.47. The number of carbonyl (C=O) groups excluding carboxylic acids is 1. The first-order valence-corrected chi connectivity index (χ1v) is 13.9. The molecule has 0 aliphatic heterocycles. The molecule has 0 radical (unpaired) electrons. The van der Waals surface area contributed by atoms with E-state index in [1.807, 2.05) is 35.9 Å². The van der Waals surface area contributed by atoms with E-state index >= 15 is 0 Å². The Hall–Kier alpha value is -2.83. The molecular weight excluding hydrogens is 478 g/mol. The SMILES string of the molecule is CC(C)COc1ccc(-c2nnc(SCC(=O)Nc3sc4c(c3C#N)CCCCCC4)n2C)cc1. The van der Waals surface area contributed by atoms with Crippen molar-refractivity contribution >= 4 is 34.0 Å². The fourth-order valence-electron chi connectivity index (χ4n) is 4.07. The van der Waals surface area contributed by atoms with Gasteiger partial charge in [0.15, 0.2) is 11.0 Å². The number of rotatable bonds is 8. The van der Waals surface area contributed by atoms with E-state index in [0.29, 0.717) is 28.2 Å². The topological polar surface area (TPSA) is 92.8 Å². The lowest BCUT2D eigenvalue weighted by Gasteiger charge is -2.09. The number of amides is 1. The first-order chi connectivity index (χ1) is 17.0. The molecule has 0 unspecified atom stereocenters. The molecule has 9 heteroatoms. The minimum absolute atomic E-state index is 0.142. The molecule has 35 heavy (non-hydrogen) atoms. The first kappa shape index (κ1) is 25.3. The number of carbonyl (C=O) groups is 1. The predicted molar refractivity (Wildman–Crippen MR) is 141 cm³/mol. The maximum atomic E-state index is 12.7. The van der Waals surface area contributed by atoms with Crippen LogP contribution in [0.3, 0.4) is 0 Å². The van der Waals surface area contributed by atoms with E-state index in [1.165, 1.54) is 29.5 Å². The maximum absolute atomic E-state index is 12.7. The molecule has 1 amide bonds. The Morgan fingerprint density at radius 1 is 1.20 bits per heavy atom. The van der Waals surface area contributed by atoms with Crippen molar-refractivity contribution in [1.82, 2.24) is 14.8 Å². The van der Waals surface area contributed by atoms with E-state index in [2.05, 4.69) is 35.4 Å². The minimum Gasteiger partial charge on any atom is -0.493 e. The van der Waals surface area contributed by atoms with Gasteiger partial charge in [0.25, 0.3) is 0 Å². The summed E-state index contributed by atoms with van der Waals surface area (Å²) >= 11 is 2.90. The Labute approximate surface area is 214 Å². The highest BCUT2D eigenvalue weighted by Crippen LogP contribution is 2.36. The van der Waals surface area contributed by atoms with Gasteiger partial charge >= 0.3 is 0 Å². The van der Waals surface area contributed by atoms with Crippen molar-refractivity contribution < 1.29 is 9.53 Å². The highest BCUT2D eigenvalue weighted by atomic mass is 32.2. The highest BCUT2D eigenvalue weighted by molar-refractivity contribution is 7.99. The number of aryl methyl sites for hydroxylation is 1. The average molecular weight is 510 g/mol. The number of thiophene rings is 1. The summed E-state index contributed by atoms with van der Waals surface area (Å²) in [6.07, 6.45) is 6.59. The lowest BCUT2D eigenvalue weighted by molar-refractivity contribution is -0.113. The Morgan fingerprint density at radius 3 is 2.66 bits per heavy atom. The van der Waals surface area contributed by atoms with Crippen molar-refractivity contribution in [2.45, 2.75) is 57.5 Å². The second kappa shape index (κ2) is 11.7. The van der Waals surface area contributed by atoms with Crippen LogP contribution < -0.4 is 10.1 Å². The van der Waals surface area contributed by atoms with Crippen LogP contribution >= 0.6 is 23.1 Å². The molecule has 0 bridgehead atoms. The fraction of sp³-hybridized carbons (Fsp3) is 0.462. The zero-order valence-corrected chi connectivity index (χ0v) is 22.1. The smallest absolute Gasteiger partial charge is 0.235 e. The van der Waals surface area contributed by atoms with Crippen molar-refractivity contribution in [3.8, 4) is 23.2 Å². The van der Waals surface area contributed by atoms with Crippen LogP contribution in [0.1, 0.15) is 55.5 Å². The molecule has 7 nitrogen and oxygen atoms in total. The summed E-state index contributed by atoms with van der Waals surface area (Å²) in [6, 6.07) is 10.1. The third-order valence-electron chi connectivity index (χ3n) is 5.90. The quantitative estimate of drug-likeness (QED) is 0.384. The summed E-state index contributed by atoms with van der Waals surface area (Å²) in [7, 11) is 1.89. The lowest BCUT2D eigenvalue weighted by atomic mass is 9.97. The van der Waals surface area contributed by atoms with Gasteiger partial charge in [0, 0.05) is 17.5 Å². The average Bonchev–Trinajstić information content (AvgIpc) is 3.35. The van der Waals surface area contributed by atoms with Gasteiger partial charge in [-0.25, -0.2) is 0 Å². The van der Waals surface area contributed by atoms with Gasteiger partial charge < -0.3 is 14.6 Å². The number of nitrogens with one attached hydrogen (secondary N) is 1. The maximum Gasteiger partial charge on any atom is 0.235 e. The number of nitriles is 1. The summed E-state index contributed by atoms with van der Waals surface area (Å²) in [5.74, 6) is 2.08. The Morgan fingerprint density at radius 2 is 1.94 bits per heavy atom. The third kappa shape index (κ3) is 6.24. The van der Waals surface area contributed by atoms with Crippen LogP contribution in [-0.4, -0.2) is 33.0 Å². The number of aromatic nitrogens is 3. The third-order valence-corrected chi connectivity index (χ3v) is 8.13. The molecule has 1 N–H and O–H groups in total. The molecule has 1 aliphatic carbocycles. The fourth-order valence-corrected chi connectivity index (χ4v) is 6.04. The van der Waals surface area contributed by atoms with Gasteiger partial charge in [-0.3, -0.25) is 4.79 Å². The molecule has 0 spiro atoms. The van der Waals surface area contributed by atoms with Gasteiger partial charge in [0.1, 0.15) is 16.8 Å². The second-order valence-corrected chi connectivity index (χ2v) is 11.2. The summed E-state index contributed by atoms with van der Waals surface area (Å²) in [5, 5.41) is 22.7. The first-order valence-electron chi connectivity index (χ1n) is 12.1. The summed E-state index contributed by atoms with van der Waals surface area (Å²) in [6.45, 7) is 4.91. The zero-order valence-electron chi connectivity index (χ0n) is 20.5. The van der Waals surface area contributed by atoms with E-state index < -0.39 is 0 Å². The Bertz CT molecular complexity index is 1210. The summed E-state index contributed by atoms with van der Waals surface area (Å²) in [4.78, 5) is 14.0. The number of ether oxygens (including phenoxy) is 1. The largest absolute Gasteiger partial charge is 0.493 e. The second-order valence-electron chi connectivity index (χ2n) is 9.17. The lowest BCUT2D eigenvalue weighted by Crippen LogP contribution is -2.14. The molecule has 3 aromatic rings. The highest BCUT2D eigenvalue weighted by Gasteiger charge is 2.21. The van der Waals surface area contributed by atoms with Crippen LogP contribution in [0.25, 0.3) is 11.4 Å². The van der Waals surface area contributed by atoms with Crippen molar-refractivity contribution in [3.63, 3.8) is 0 Å². The van der Waals surface area contributed by atoms with E-state index in [1.54, 1.807) is 11.3 Å².